The first-order chi connectivity index (χ1) is 11.5. The van der Waals surface area contributed by atoms with E-state index in [4.69, 9.17) is 9.47 Å². The van der Waals surface area contributed by atoms with E-state index in [0.29, 0.717) is 36.6 Å². The molecular formula is C19H28N2O3. The number of carbonyl (C=O) groups is 1. The maximum absolute atomic E-state index is 12.6. The quantitative estimate of drug-likeness (QED) is 0.694. The Bertz CT molecular complexity index is 580. The predicted octanol–water partition coefficient (Wildman–Crippen LogP) is 4.27. The van der Waals surface area contributed by atoms with Crippen LogP contribution in [0.4, 0.5) is 5.69 Å². The lowest BCUT2D eigenvalue weighted by molar-refractivity contribution is -0.140. The second-order valence-electron chi connectivity index (χ2n) is 5.95. The molecule has 0 fully saturated rings. The van der Waals surface area contributed by atoms with Crippen molar-refractivity contribution in [2.45, 2.75) is 59.0 Å². The van der Waals surface area contributed by atoms with Crippen molar-refractivity contribution < 1.29 is 14.3 Å². The number of nitrogens with zero attached hydrogens (tertiary/aromatic N) is 1. The minimum Gasteiger partial charge on any atom is -0.492 e. The van der Waals surface area contributed by atoms with Crippen LogP contribution in [-0.2, 0) is 9.53 Å². The molecule has 0 heterocycles. The van der Waals surface area contributed by atoms with E-state index in [1.807, 2.05) is 27.7 Å². The zero-order chi connectivity index (χ0) is 18.0. The number of benzene rings is 1. The van der Waals surface area contributed by atoms with Gasteiger partial charge in [-0.25, -0.2) is 0 Å². The summed E-state index contributed by atoms with van der Waals surface area (Å²) >= 11 is 0. The van der Waals surface area contributed by atoms with E-state index >= 15 is 0 Å². The molecule has 1 rings (SSSR count). The summed E-state index contributed by atoms with van der Waals surface area (Å²) < 4.78 is 11.3. The van der Waals surface area contributed by atoms with Crippen molar-refractivity contribution in [3.63, 3.8) is 0 Å². The Morgan fingerprint density at radius 1 is 1.21 bits per heavy atom. The summed E-state index contributed by atoms with van der Waals surface area (Å²) in [6, 6.07) is 7.20. The van der Waals surface area contributed by atoms with Crippen molar-refractivity contribution in [3.8, 4) is 11.8 Å². The topological polar surface area (TPSA) is 71.3 Å². The number of amides is 1. The highest BCUT2D eigenvalue weighted by Gasteiger charge is 2.33. The van der Waals surface area contributed by atoms with Crippen LogP contribution in [0.2, 0.25) is 0 Å². The van der Waals surface area contributed by atoms with Gasteiger partial charge in [-0.05, 0) is 44.4 Å². The average molecular weight is 332 g/mol. The van der Waals surface area contributed by atoms with Gasteiger partial charge in [-0.15, -0.1) is 0 Å². The van der Waals surface area contributed by atoms with Crippen LogP contribution in [0.3, 0.4) is 0 Å². The molecule has 5 heteroatoms. The number of nitrogens with one attached hydrogen (secondary N) is 1. The number of rotatable bonds is 10. The molecule has 0 bridgehead atoms. The van der Waals surface area contributed by atoms with Gasteiger partial charge < -0.3 is 14.8 Å². The van der Waals surface area contributed by atoms with Gasteiger partial charge in [0.15, 0.2) is 0 Å². The molecule has 1 aromatic carbocycles. The van der Waals surface area contributed by atoms with E-state index in [1.165, 1.54) is 0 Å². The summed E-state index contributed by atoms with van der Waals surface area (Å²) in [5.41, 5.74) is 0.116. The van der Waals surface area contributed by atoms with Gasteiger partial charge in [0, 0.05) is 12.3 Å². The van der Waals surface area contributed by atoms with Gasteiger partial charge in [-0.2, -0.15) is 5.26 Å². The maximum atomic E-state index is 12.6. The third-order valence-corrected chi connectivity index (χ3v) is 3.65. The normalized spacial score (nSPS) is 13.0. The smallest absolute Gasteiger partial charge is 0.256 e. The lowest BCUT2D eigenvalue weighted by Crippen LogP contribution is -2.43. The van der Waals surface area contributed by atoms with Crippen molar-refractivity contribution in [2.75, 3.05) is 18.5 Å². The third-order valence-electron chi connectivity index (χ3n) is 3.65. The molecule has 0 aliphatic carbocycles. The number of hydrogen-bond donors (Lipinski definition) is 1. The zero-order valence-corrected chi connectivity index (χ0v) is 15.1. The van der Waals surface area contributed by atoms with Gasteiger partial charge in [0.05, 0.1) is 12.2 Å². The van der Waals surface area contributed by atoms with Crippen LogP contribution in [0.5, 0.6) is 5.75 Å². The van der Waals surface area contributed by atoms with Crippen LogP contribution in [0.25, 0.3) is 0 Å². The minimum absolute atomic E-state index is 0.191. The summed E-state index contributed by atoms with van der Waals surface area (Å²) in [5, 5.41) is 12.1. The largest absolute Gasteiger partial charge is 0.492 e. The number of ether oxygens (including phenoxy) is 2. The summed E-state index contributed by atoms with van der Waals surface area (Å²) in [6.07, 6.45) is 3.21. The van der Waals surface area contributed by atoms with Gasteiger partial charge in [0.25, 0.3) is 5.91 Å². The first kappa shape index (κ1) is 20.0. The molecule has 0 saturated carbocycles. The zero-order valence-electron chi connectivity index (χ0n) is 15.1. The SMILES string of the molecule is CCCOc1ccc(NC(=O)[C@@](C)(CCC)OCCC)cc1C#N. The van der Waals surface area contributed by atoms with Crippen molar-refractivity contribution in [1.29, 1.82) is 5.26 Å². The molecule has 5 nitrogen and oxygen atoms in total. The predicted molar refractivity (Wildman–Crippen MR) is 95.1 cm³/mol. The fraction of sp³-hybridized carbons (Fsp3) is 0.579. The molecule has 0 aromatic heterocycles. The van der Waals surface area contributed by atoms with E-state index in [9.17, 15) is 10.1 Å². The fourth-order valence-electron chi connectivity index (χ4n) is 2.35. The Balaban J connectivity index is 2.90. The van der Waals surface area contributed by atoms with E-state index in [-0.39, 0.29) is 5.91 Å². The monoisotopic (exact) mass is 332 g/mol. The van der Waals surface area contributed by atoms with Crippen LogP contribution in [0.15, 0.2) is 18.2 Å². The van der Waals surface area contributed by atoms with Crippen LogP contribution in [-0.4, -0.2) is 24.7 Å². The highest BCUT2D eigenvalue weighted by molar-refractivity contribution is 5.97. The van der Waals surface area contributed by atoms with E-state index in [0.717, 1.165) is 19.3 Å². The first-order valence-corrected chi connectivity index (χ1v) is 8.63. The van der Waals surface area contributed by atoms with Crippen molar-refractivity contribution in [1.82, 2.24) is 0 Å². The third kappa shape index (κ3) is 5.54. The van der Waals surface area contributed by atoms with E-state index < -0.39 is 5.60 Å². The van der Waals surface area contributed by atoms with Gasteiger partial charge in [-0.1, -0.05) is 27.2 Å². The number of nitriles is 1. The molecule has 0 spiro atoms. The molecule has 1 atom stereocenters. The van der Waals surface area contributed by atoms with Gasteiger partial charge >= 0.3 is 0 Å². The highest BCUT2D eigenvalue weighted by Crippen LogP contribution is 2.25. The molecule has 132 valence electrons. The Labute approximate surface area is 145 Å². The average Bonchev–Trinajstić information content (AvgIpc) is 2.58. The number of anilines is 1. The number of carbonyl (C=O) groups excluding carboxylic acids is 1. The van der Waals surface area contributed by atoms with Gasteiger partial charge in [0.1, 0.15) is 17.4 Å². The first-order valence-electron chi connectivity index (χ1n) is 8.63. The molecule has 1 N–H and O–H groups in total. The van der Waals surface area contributed by atoms with Crippen molar-refractivity contribution in [2.24, 2.45) is 0 Å². The second-order valence-corrected chi connectivity index (χ2v) is 5.95. The molecule has 0 aliphatic rings. The Kier molecular flexibility index (Phi) is 8.28. The van der Waals surface area contributed by atoms with Crippen molar-refractivity contribution in [3.05, 3.63) is 23.8 Å². The summed E-state index contributed by atoms with van der Waals surface area (Å²) in [4.78, 5) is 12.6. The molecule has 1 aromatic rings. The molecule has 0 unspecified atom stereocenters. The molecule has 0 radical (unpaired) electrons. The summed E-state index contributed by atoms with van der Waals surface area (Å²) in [6.45, 7) is 8.95. The molecular weight excluding hydrogens is 304 g/mol. The molecule has 1 amide bonds. The van der Waals surface area contributed by atoms with Gasteiger partial charge in [-0.3, -0.25) is 4.79 Å². The molecule has 0 aliphatic heterocycles. The summed E-state index contributed by atoms with van der Waals surface area (Å²) in [7, 11) is 0. The Morgan fingerprint density at radius 3 is 2.50 bits per heavy atom. The minimum atomic E-state index is -0.866. The lowest BCUT2D eigenvalue weighted by Gasteiger charge is -2.28. The van der Waals surface area contributed by atoms with Gasteiger partial charge in [0.2, 0.25) is 0 Å². The Morgan fingerprint density at radius 2 is 1.92 bits per heavy atom. The molecule has 24 heavy (non-hydrogen) atoms. The highest BCUT2D eigenvalue weighted by atomic mass is 16.5. The summed E-state index contributed by atoms with van der Waals surface area (Å²) in [5.74, 6) is 0.347. The second kappa shape index (κ2) is 9.94. The Hall–Kier alpha value is -2.06. The number of hydrogen-bond acceptors (Lipinski definition) is 4. The lowest BCUT2D eigenvalue weighted by atomic mass is 9.98. The fourth-order valence-corrected chi connectivity index (χ4v) is 2.35. The van der Waals surface area contributed by atoms with Crippen molar-refractivity contribution >= 4 is 11.6 Å². The maximum Gasteiger partial charge on any atom is 0.256 e. The van der Waals surface area contributed by atoms with Crippen LogP contribution in [0.1, 0.15) is 58.9 Å². The van der Waals surface area contributed by atoms with E-state index in [2.05, 4.69) is 11.4 Å². The van der Waals surface area contributed by atoms with Crippen LogP contribution >= 0.6 is 0 Å². The van der Waals surface area contributed by atoms with Crippen LogP contribution in [0, 0.1) is 11.3 Å². The van der Waals surface area contributed by atoms with Crippen LogP contribution < -0.4 is 10.1 Å². The molecule has 0 saturated heterocycles. The standard InChI is InChI=1S/C19H28N2O3/c1-5-10-19(4,24-12-7-3)18(22)21-16-8-9-17(23-11-6-2)15(13-16)14-20/h8-9,13H,5-7,10-12H2,1-4H3,(H,21,22)/t19-/m1/s1. The van der Waals surface area contributed by atoms with E-state index in [1.54, 1.807) is 18.2 Å².